The monoisotopic (exact) mass is 357 g/mol. The molecule has 0 aliphatic heterocycles. The maximum absolute atomic E-state index is 5.30. The molecule has 3 nitrogen and oxygen atoms in total. The molecule has 0 aromatic carbocycles. The zero-order valence-electron chi connectivity index (χ0n) is 16.6. The summed E-state index contributed by atoms with van der Waals surface area (Å²) in [5.41, 5.74) is 0.379. The summed E-state index contributed by atoms with van der Waals surface area (Å²) in [4.78, 5) is 5.30. The van der Waals surface area contributed by atoms with Crippen molar-refractivity contribution >= 4 is 5.96 Å². The molecule has 26 heavy (non-hydrogen) atoms. The summed E-state index contributed by atoms with van der Waals surface area (Å²) < 4.78 is 0. The highest BCUT2D eigenvalue weighted by Crippen LogP contribution is 2.55. The Hall–Kier alpha value is -0.730. The number of hydrogen-bond acceptors (Lipinski definition) is 1. The summed E-state index contributed by atoms with van der Waals surface area (Å²) in [5, 5.41) is 8.01. The van der Waals surface area contributed by atoms with Crippen LogP contribution in [-0.4, -0.2) is 23.6 Å². The minimum atomic E-state index is 0.379. The van der Waals surface area contributed by atoms with Crippen LogP contribution < -0.4 is 10.6 Å². The molecule has 0 unspecified atom stereocenters. The van der Waals surface area contributed by atoms with Crippen LogP contribution in [0.4, 0.5) is 0 Å². The molecule has 0 atom stereocenters. The fourth-order valence-corrected chi connectivity index (χ4v) is 7.45. The lowest BCUT2D eigenvalue weighted by Crippen LogP contribution is -2.62. The van der Waals surface area contributed by atoms with Gasteiger partial charge in [-0.3, -0.25) is 0 Å². The molecule has 2 N–H and O–H groups in total. The number of guanidine groups is 1. The lowest BCUT2D eigenvalue weighted by molar-refractivity contribution is -0.0107. The van der Waals surface area contributed by atoms with E-state index in [0.717, 1.165) is 17.8 Å². The van der Waals surface area contributed by atoms with Gasteiger partial charge < -0.3 is 10.6 Å². The normalized spacial score (nSPS) is 41.4. The minimum Gasteiger partial charge on any atom is -0.354 e. The highest BCUT2D eigenvalue weighted by molar-refractivity contribution is 5.81. The van der Waals surface area contributed by atoms with E-state index in [4.69, 9.17) is 4.99 Å². The molecule has 0 amide bonds. The first-order valence-electron chi connectivity index (χ1n) is 11.9. The van der Waals surface area contributed by atoms with Gasteiger partial charge in [0.2, 0.25) is 0 Å². The smallest absolute Gasteiger partial charge is 0.192 e. The van der Waals surface area contributed by atoms with E-state index in [9.17, 15) is 0 Å². The highest BCUT2D eigenvalue weighted by atomic mass is 15.2. The maximum atomic E-state index is 5.30. The zero-order valence-corrected chi connectivity index (χ0v) is 16.6. The molecule has 4 bridgehead atoms. The van der Waals surface area contributed by atoms with Crippen molar-refractivity contribution in [1.82, 2.24) is 10.6 Å². The Morgan fingerprint density at radius 2 is 1.23 bits per heavy atom. The van der Waals surface area contributed by atoms with E-state index >= 15 is 0 Å². The van der Waals surface area contributed by atoms with Gasteiger partial charge in [0.15, 0.2) is 5.96 Å². The molecule has 6 fully saturated rings. The van der Waals surface area contributed by atoms with Crippen LogP contribution in [0.15, 0.2) is 4.99 Å². The largest absolute Gasteiger partial charge is 0.354 e. The van der Waals surface area contributed by atoms with Crippen LogP contribution >= 0.6 is 0 Å². The second-order valence-electron chi connectivity index (χ2n) is 10.6. The average molecular weight is 358 g/mol. The summed E-state index contributed by atoms with van der Waals surface area (Å²) in [6.45, 7) is 0. The molecule has 6 rings (SSSR count). The predicted octanol–water partition coefficient (Wildman–Crippen LogP) is 5.16. The van der Waals surface area contributed by atoms with Gasteiger partial charge in [-0.1, -0.05) is 38.5 Å². The van der Waals surface area contributed by atoms with Gasteiger partial charge in [-0.2, -0.15) is 0 Å². The first-order valence-corrected chi connectivity index (χ1v) is 11.9. The molecule has 146 valence electrons. The van der Waals surface area contributed by atoms with Crippen LogP contribution in [0.3, 0.4) is 0 Å². The summed E-state index contributed by atoms with van der Waals surface area (Å²) in [6.07, 6.45) is 22.5. The third-order valence-corrected chi connectivity index (χ3v) is 8.25. The number of nitrogens with one attached hydrogen (secondary N) is 2. The Labute approximate surface area is 160 Å². The highest BCUT2D eigenvalue weighted by Gasteiger charge is 2.51. The molecule has 6 saturated carbocycles. The Morgan fingerprint density at radius 1 is 0.692 bits per heavy atom. The molecule has 6 aliphatic carbocycles. The number of aliphatic imine (C=N–C) groups is 1. The summed E-state index contributed by atoms with van der Waals surface area (Å²) >= 11 is 0. The Morgan fingerprint density at radius 3 is 1.81 bits per heavy atom. The molecule has 0 heterocycles. The topological polar surface area (TPSA) is 36.4 Å². The zero-order chi connectivity index (χ0) is 17.4. The van der Waals surface area contributed by atoms with Crippen LogP contribution in [-0.2, 0) is 0 Å². The molecule has 0 radical (unpaired) electrons. The van der Waals surface area contributed by atoms with E-state index in [1.807, 2.05) is 0 Å². The van der Waals surface area contributed by atoms with Crippen molar-refractivity contribution in [3.05, 3.63) is 0 Å². The summed E-state index contributed by atoms with van der Waals surface area (Å²) in [7, 11) is 0. The predicted molar refractivity (Wildman–Crippen MR) is 108 cm³/mol. The molecule has 0 saturated heterocycles. The van der Waals surface area contributed by atoms with Gasteiger partial charge in [0.05, 0.1) is 6.04 Å². The van der Waals surface area contributed by atoms with Crippen molar-refractivity contribution in [3.63, 3.8) is 0 Å². The van der Waals surface area contributed by atoms with E-state index in [2.05, 4.69) is 10.6 Å². The second kappa shape index (κ2) is 7.36. The quantitative estimate of drug-likeness (QED) is 0.541. The molecule has 3 heteroatoms. The Balaban J connectivity index is 1.32. The van der Waals surface area contributed by atoms with Gasteiger partial charge >= 0.3 is 0 Å². The number of rotatable bonds is 3. The molecular weight excluding hydrogens is 318 g/mol. The maximum Gasteiger partial charge on any atom is 0.192 e. The van der Waals surface area contributed by atoms with Crippen molar-refractivity contribution in [1.29, 1.82) is 0 Å². The van der Waals surface area contributed by atoms with E-state index in [1.54, 1.807) is 0 Å². The summed E-state index contributed by atoms with van der Waals surface area (Å²) in [5.74, 6) is 4.20. The fraction of sp³-hybridized carbons (Fsp3) is 0.957. The number of nitrogens with zero attached hydrogens (tertiary/aromatic N) is 1. The van der Waals surface area contributed by atoms with Gasteiger partial charge in [-0.05, 0) is 82.0 Å². The van der Waals surface area contributed by atoms with E-state index in [-0.39, 0.29) is 0 Å². The van der Waals surface area contributed by atoms with Crippen LogP contribution in [0, 0.1) is 17.8 Å². The third kappa shape index (κ3) is 3.78. The molecule has 0 spiro atoms. The van der Waals surface area contributed by atoms with Gasteiger partial charge in [-0.15, -0.1) is 0 Å². The van der Waals surface area contributed by atoms with Crippen LogP contribution in [0.5, 0.6) is 0 Å². The number of hydrogen-bond donors (Lipinski definition) is 2. The standard InChI is InChI=1S/C23H39N3/c1-3-7-20(8-4-1)24-22(25-21-9-5-2-6-10-21)26-23-14-17-11-18(15-23)13-19(12-17)16-23/h17-21H,1-16H2,(H2,24,25,26). The van der Waals surface area contributed by atoms with E-state index in [1.165, 1.54) is 109 Å². The average Bonchev–Trinajstić information content (AvgIpc) is 2.62. The van der Waals surface area contributed by atoms with Gasteiger partial charge in [0.25, 0.3) is 0 Å². The van der Waals surface area contributed by atoms with Gasteiger partial charge in [0, 0.05) is 11.6 Å². The van der Waals surface area contributed by atoms with E-state index < -0.39 is 0 Å². The van der Waals surface area contributed by atoms with Crippen LogP contribution in [0.2, 0.25) is 0 Å². The second-order valence-corrected chi connectivity index (χ2v) is 10.6. The third-order valence-electron chi connectivity index (χ3n) is 8.25. The Kier molecular flexibility index (Phi) is 4.92. The molecular formula is C23H39N3. The van der Waals surface area contributed by atoms with Crippen molar-refractivity contribution in [2.75, 3.05) is 0 Å². The lowest BCUT2D eigenvalue weighted by atomic mass is 9.53. The van der Waals surface area contributed by atoms with Crippen LogP contribution in [0.25, 0.3) is 0 Å². The minimum absolute atomic E-state index is 0.379. The molecule has 0 aromatic rings. The Bertz CT molecular complexity index is 478. The molecule has 0 aromatic heterocycles. The first kappa shape index (κ1) is 17.4. The van der Waals surface area contributed by atoms with Crippen molar-refractivity contribution in [3.8, 4) is 0 Å². The first-order chi connectivity index (χ1) is 12.8. The summed E-state index contributed by atoms with van der Waals surface area (Å²) in [6, 6.07) is 1.23. The fourth-order valence-electron chi connectivity index (χ4n) is 7.45. The SMILES string of the molecule is C1CCC(N=C(NC2CCCCC2)NC23CC4CC(CC(C4)C2)C3)CC1. The van der Waals surface area contributed by atoms with Gasteiger partial charge in [-0.25, -0.2) is 4.99 Å². The molecule has 6 aliphatic rings. The van der Waals surface area contributed by atoms with Crippen molar-refractivity contribution < 1.29 is 0 Å². The van der Waals surface area contributed by atoms with Crippen molar-refractivity contribution in [2.24, 2.45) is 22.7 Å². The van der Waals surface area contributed by atoms with E-state index in [0.29, 0.717) is 17.6 Å². The van der Waals surface area contributed by atoms with Crippen LogP contribution in [0.1, 0.15) is 103 Å². The van der Waals surface area contributed by atoms with Gasteiger partial charge in [0.1, 0.15) is 0 Å². The van der Waals surface area contributed by atoms with Crippen molar-refractivity contribution in [2.45, 2.75) is 120 Å². The lowest BCUT2D eigenvalue weighted by Gasteiger charge is -2.57.